The largest absolute Gasteiger partial charge is 0.481 e. The van der Waals surface area contributed by atoms with Crippen LogP contribution in [-0.4, -0.2) is 69.1 Å². The van der Waals surface area contributed by atoms with Crippen LogP contribution in [0.3, 0.4) is 0 Å². The summed E-state index contributed by atoms with van der Waals surface area (Å²) in [6.45, 7) is 0. The second-order valence-electron chi connectivity index (χ2n) is 7.34. The van der Waals surface area contributed by atoms with E-state index in [1.54, 1.807) is 6.20 Å². The van der Waals surface area contributed by atoms with Crippen LogP contribution in [0.1, 0.15) is 24.8 Å². The molecule has 2 aromatic rings. The average molecular weight is 465 g/mol. The summed E-state index contributed by atoms with van der Waals surface area (Å²) in [6.07, 6.45) is 3.53. The number of nitrogens with two attached hydrogens (primary N) is 1. The number of hydrogen-bond acceptors (Lipinski definition) is 6. The lowest BCUT2D eigenvalue weighted by molar-refractivity contribution is -0.142. The Hall–Kier alpha value is -3.05. The molecule has 2 rings (SSSR count). The van der Waals surface area contributed by atoms with Crippen molar-refractivity contribution in [3.8, 4) is 0 Å². The molecule has 0 bridgehead atoms. The van der Waals surface area contributed by atoms with Gasteiger partial charge in [-0.05, 0) is 36.5 Å². The fourth-order valence-corrected chi connectivity index (χ4v) is 3.66. The zero-order chi connectivity index (χ0) is 23.7. The van der Waals surface area contributed by atoms with E-state index in [9.17, 15) is 24.3 Å². The normalized spacial score (nSPS) is 13.8. The third-order valence-corrected chi connectivity index (χ3v) is 5.61. The van der Waals surface area contributed by atoms with Crippen molar-refractivity contribution in [3.05, 3.63) is 36.0 Å². The van der Waals surface area contributed by atoms with Crippen LogP contribution < -0.4 is 16.4 Å². The Morgan fingerprint density at radius 2 is 1.75 bits per heavy atom. The molecular weight excluding hydrogens is 436 g/mol. The van der Waals surface area contributed by atoms with E-state index in [0.29, 0.717) is 5.75 Å². The Labute approximate surface area is 189 Å². The number of carbonyl (C=O) groups is 4. The van der Waals surface area contributed by atoms with E-state index >= 15 is 0 Å². The summed E-state index contributed by atoms with van der Waals surface area (Å²) < 4.78 is 0. The number of H-pyrrole nitrogens is 1. The fourth-order valence-electron chi connectivity index (χ4n) is 3.19. The molecule has 174 valence electrons. The van der Waals surface area contributed by atoms with Gasteiger partial charge in [-0.15, -0.1) is 0 Å². The number of amides is 2. The molecule has 0 aliphatic heterocycles. The van der Waals surface area contributed by atoms with Crippen LogP contribution >= 0.6 is 11.8 Å². The number of carboxylic acids is 2. The molecule has 32 heavy (non-hydrogen) atoms. The van der Waals surface area contributed by atoms with Crippen molar-refractivity contribution in [3.63, 3.8) is 0 Å². The third kappa shape index (κ3) is 7.27. The minimum absolute atomic E-state index is 0.0619. The Morgan fingerprint density at radius 1 is 1.06 bits per heavy atom. The Kier molecular flexibility index (Phi) is 9.54. The van der Waals surface area contributed by atoms with E-state index in [2.05, 4.69) is 15.6 Å². The van der Waals surface area contributed by atoms with Gasteiger partial charge < -0.3 is 31.6 Å². The predicted octanol–water partition coefficient (Wildman–Crippen LogP) is 0.710. The van der Waals surface area contributed by atoms with Crippen molar-refractivity contribution in [1.29, 1.82) is 0 Å². The van der Waals surface area contributed by atoms with Gasteiger partial charge in [-0.1, -0.05) is 18.2 Å². The number of benzene rings is 1. The second-order valence-corrected chi connectivity index (χ2v) is 8.33. The molecule has 0 aliphatic rings. The second kappa shape index (κ2) is 12.1. The van der Waals surface area contributed by atoms with Gasteiger partial charge in [0, 0.05) is 29.9 Å². The molecule has 1 aromatic carbocycles. The first-order valence-electron chi connectivity index (χ1n) is 10.1. The number of aromatic amines is 1. The molecule has 7 N–H and O–H groups in total. The maximum Gasteiger partial charge on any atom is 0.326 e. The first-order chi connectivity index (χ1) is 15.2. The molecule has 11 heteroatoms. The lowest BCUT2D eigenvalue weighted by atomic mass is 10.0. The Bertz CT molecular complexity index is 963. The standard InChI is InChI=1S/C21H28N4O6S/c1-32-9-8-16(24-19(28)14(22)6-7-18(26)27)20(29)25-17(21(30)31)10-12-11-23-15-5-3-2-4-13(12)15/h2-5,11,14,16-17,23H,6-10,22H2,1H3,(H,24,28)(H,25,29)(H,26,27)(H,30,31)/t14-,16-,17-/m0/s1. The molecule has 10 nitrogen and oxygen atoms in total. The van der Waals surface area contributed by atoms with Gasteiger partial charge in [0.15, 0.2) is 0 Å². The van der Waals surface area contributed by atoms with Gasteiger partial charge in [0.25, 0.3) is 0 Å². The van der Waals surface area contributed by atoms with Gasteiger partial charge in [-0.2, -0.15) is 11.8 Å². The van der Waals surface area contributed by atoms with Crippen molar-refractivity contribution < 1.29 is 29.4 Å². The SMILES string of the molecule is CSCC[C@H](NC(=O)[C@@H](N)CCC(=O)O)C(=O)N[C@@H](Cc1c[nH]c2ccccc12)C(=O)O. The number of thioether (sulfide) groups is 1. The molecule has 1 heterocycles. The van der Waals surface area contributed by atoms with Crippen LogP contribution in [-0.2, 0) is 25.6 Å². The van der Waals surface area contributed by atoms with Crippen LogP contribution in [0.4, 0.5) is 0 Å². The molecule has 0 spiro atoms. The van der Waals surface area contributed by atoms with E-state index in [4.69, 9.17) is 10.8 Å². The number of nitrogens with one attached hydrogen (secondary N) is 3. The van der Waals surface area contributed by atoms with Crippen LogP contribution in [0, 0.1) is 0 Å². The minimum Gasteiger partial charge on any atom is -0.481 e. The number of carbonyl (C=O) groups excluding carboxylic acids is 2. The van der Waals surface area contributed by atoms with Crippen LogP contribution in [0.15, 0.2) is 30.5 Å². The topological polar surface area (TPSA) is 175 Å². The summed E-state index contributed by atoms with van der Waals surface area (Å²) in [5, 5.41) is 24.3. The van der Waals surface area contributed by atoms with Crippen molar-refractivity contribution in [2.45, 2.75) is 43.8 Å². The number of para-hydroxylation sites is 1. The summed E-state index contributed by atoms with van der Waals surface area (Å²) in [5.74, 6) is -3.02. The van der Waals surface area contributed by atoms with Crippen molar-refractivity contribution >= 4 is 46.4 Å². The molecule has 1 aromatic heterocycles. The molecule has 0 radical (unpaired) electrons. The molecule has 0 aliphatic carbocycles. The fraction of sp³-hybridized carbons (Fsp3) is 0.429. The molecule has 0 saturated carbocycles. The number of hydrogen-bond donors (Lipinski definition) is 6. The first kappa shape index (κ1) is 25.2. The highest BCUT2D eigenvalue weighted by molar-refractivity contribution is 7.98. The summed E-state index contributed by atoms with van der Waals surface area (Å²) in [7, 11) is 0. The Balaban J connectivity index is 2.08. The third-order valence-electron chi connectivity index (χ3n) is 4.96. The molecule has 2 amide bonds. The monoisotopic (exact) mass is 464 g/mol. The van der Waals surface area contributed by atoms with Gasteiger partial charge in [0.1, 0.15) is 12.1 Å². The van der Waals surface area contributed by atoms with Crippen molar-refractivity contribution in [2.24, 2.45) is 5.73 Å². The van der Waals surface area contributed by atoms with Crippen molar-refractivity contribution in [2.75, 3.05) is 12.0 Å². The first-order valence-corrected chi connectivity index (χ1v) is 11.5. The minimum atomic E-state index is -1.20. The molecule has 0 saturated heterocycles. The van der Waals surface area contributed by atoms with E-state index in [1.807, 2.05) is 30.5 Å². The van der Waals surface area contributed by atoms with Gasteiger partial charge in [0.05, 0.1) is 6.04 Å². The summed E-state index contributed by atoms with van der Waals surface area (Å²) >= 11 is 1.47. The van der Waals surface area contributed by atoms with Gasteiger partial charge in [-0.3, -0.25) is 14.4 Å². The number of rotatable bonds is 13. The predicted molar refractivity (Wildman–Crippen MR) is 121 cm³/mol. The van der Waals surface area contributed by atoms with E-state index in [0.717, 1.165) is 16.5 Å². The Morgan fingerprint density at radius 3 is 2.41 bits per heavy atom. The zero-order valence-corrected chi connectivity index (χ0v) is 18.5. The number of aliphatic carboxylic acids is 2. The molecule has 0 fully saturated rings. The molecule has 3 atom stereocenters. The molecular formula is C21H28N4O6S. The van der Waals surface area contributed by atoms with E-state index in [-0.39, 0.29) is 25.7 Å². The number of carboxylic acid groups (broad SMARTS) is 2. The zero-order valence-electron chi connectivity index (χ0n) is 17.7. The quantitative estimate of drug-likeness (QED) is 0.251. The highest BCUT2D eigenvalue weighted by Gasteiger charge is 2.28. The van der Waals surface area contributed by atoms with Gasteiger partial charge >= 0.3 is 11.9 Å². The lowest BCUT2D eigenvalue weighted by Crippen LogP contribution is -2.55. The van der Waals surface area contributed by atoms with Crippen LogP contribution in [0.25, 0.3) is 10.9 Å². The maximum absolute atomic E-state index is 12.8. The number of aromatic nitrogens is 1. The number of fused-ring (bicyclic) bond motifs is 1. The summed E-state index contributed by atoms with van der Waals surface area (Å²) in [6, 6.07) is 4.16. The highest BCUT2D eigenvalue weighted by Crippen LogP contribution is 2.19. The van der Waals surface area contributed by atoms with Crippen molar-refractivity contribution in [1.82, 2.24) is 15.6 Å². The van der Waals surface area contributed by atoms with Crippen LogP contribution in [0.5, 0.6) is 0 Å². The average Bonchev–Trinajstić information content (AvgIpc) is 3.16. The van der Waals surface area contributed by atoms with Gasteiger partial charge in [-0.25, -0.2) is 4.79 Å². The molecule has 0 unspecified atom stereocenters. The van der Waals surface area contributed by atoms with E-state index in [1.165, 1.54) is 11.8 Å². The maximum atomic E-state index is 12.8. The lowest BCUT2D eigenvalue weighted by Gasteiger charge is -2.22. The highest BCUT2D eigenvalue weighted by atomic mass is 32.2. The van der Waals surface area contributed by atoms with Crippen LogP contribution in [0.2, 0.25) is 0 Å². The summed E-state index contributed by atoms with van der Waals surface area (Å²) in [5.41, 5.74) is 7.33. The van der Waals surface area contributed by atoms with E-state index < -0.39 is 41.9 Å². The summed E-state index contributed by atoms with van der Waals surface area (Å²) in [4.78, 5) is 50.7. The van der Waals surface area contributed by atoms with Gasteiger partial charge in [0.2, 0.25) is 11.8 Å². The smallest absolute Gasteiger partial charge is 0.326 e.